The number of benzene rings is 1. The zero-order valence-corrected chi connectivity index (χ0v) is 14.5. The van der Waals surface area contributed by atoms with E-state index in [1.165, 1.54) is 4.90 Å². The number of hydrogen-bond donors (Lipinski definition) is 0. The van der Waals surface area contributed by atoms with Crippen LogP contribution in [0.1, 0.15) is 29.5 Å². The Hall–Kier alpha value is -1.33. The summed E-state index contributed by atoms with van der Waals surface area (Å²) < 4.78 is 105. The molecule has 0 N–H and O–H groups in total. The molecule has 0 radical (unpaired) electrons. The Bertz CT molecular complexity index is 745. The zero-order valence-electron chi connectivity index (χ0n) is 13.7. The lowest BCUT2D eigenvalue weighted by Gasteiger charge is -2.32. The fourth-order valence-electron chi connectivity index (χ4n) is 2.90. The molecule has 11 heteroatoms. The Balaban J connectivity index is 2.26. The fourth-order valence-corrected chi connectivity index (χ4v) is 3.55. The second-order valence-corrected chi connectivity index (χ2v) is 7.77. The molecule has 0 spiro atoms. The van der Waals surface area contributed by atoms with Crippen LogP contribution in [-0.4, -0.2) is 38.8 Å². The summed E-state index contributed by atoms with van der Waals surface area (Å²) in [6.45, 7) is -0.0415. The Morgan fingerprint density at radius 2 is 1.81 bits per heavy atom. The first-order valence-electron chi connectivity index (χ1n) is 7.63. The number of hydrogen-bond acceptors (Lipinski definition) is 4. The van der Waals surface area contributed by atoms with Crippen LogP contribution in [0.15, 0.2) is 18.2 Å². The van der Waals surface area contributed by atoms with Gasteiger partial charge in [-0.1, -0.05) is 0 Å². The lowest BCUT2D eigenvalue weighted by Crippen LogP contribution is -2.40. The predicted molar refractivity (Wildman–Crippen MR) is 80.7 cm³/mol. The van der Waals surface area contributed by atoms with Gasteiger partial charge in [0.05, 0.1) is 23.5 Å². The smallest absolute Gasteiger partial charge is 0.296 e. The van der Waals surface area contributed by atoms with Gasteiger partial charge in [-0.3, -0.25) is 9.08 Å². The first kappa shape index (κ1) is 21.0. The topological polar surface area (TPSA) is 46.6 Å². The number of likely N-dealkylation sites (tertiary alicyclic amines) is 1. The van der Waals surface area contributed by atoms with Crippen LogP contribution in [0.3, 0.4) is 0 Å². The van der Waals surface area contributed by atoms with Crippen molar-refractivity contribution >= 4 is 10.1 Å². The SMILES string of the molecule is CS(=O)(=O)O[C@@H]1CCCN(Cc2cc(C(F)(F)F)ccc2C(F)(F)F)C1. The quantitative estimate of drug-likeness (QED) is 0.567. The maximum absolute atomic E-state index is 13.1. The van der Waals surface area contributed by atoms with Crippen molar-refractivity contribution < 1.29 is 38.9 Å². The van der Waals surface area contributed by atoms with E-state index in [0.717, 1.165) is 6.26 Å². The minimum absolute atomic E-state index is 0.0145. The van der Waals surface area contributed by atoms with E-state index in [9.17, 15) is 34.8 Å². The van der Waals surface area contributed by atoms with Crippen LogP contribution in [-0.2, 0) is 33.2 Å². The average Bonchev–Trinajstić information content (AvgIpc) is 2.43. The minimum atomic E-state index is -4.79. The lowest BCUT2D eigenvalue weighted by molar-refractivity contribution is -0.142. The van der Waals surface area contributed by atoms with Gasteiger partial charge in [-0.15, -0.1) is 0 Å². The Morgan fingerprint density at radius 3 is 2.35 bits per heavy atom. The molecular formula is C15H17F6NO3S. The molecule has 4 nitrogen and oxygen atoms in total. The monoisotopic (exact) mass is 405 g/mol. The molecule has 0 unspecified atom stereocenters. The minimum Gasteiger partial charge on any atom is -0.296 e. The normalized spacial score (nSPS) is 20.3. The summed E-state index contributed by atoms with van der Waals surface area (Å²) in [6, 6.07) is 1.31. The average molecular weight is 405 g/mol. The van der Waals surface area contributed by atoms with E-state index in [-0.39, 0.29) is 13.1 Å². The Labute approximate surface area is 146 Å². The van der Waals surface area contributed by atoms with Gasteiger partial charge in [0.2, 0.25) is 0 Å². The van der Waals surface area contributed by atoms with Crippen molar-refractivity contribution in [3.05, 3.63) is 34.9 Å². The van der Waals surface area contributed by atoms with Gasteiger partial charge < -0.3 is 0 Å². The first-order valence-corrected chi connectivity index (χ1v) is 9.45. The largest absolute Gasteiger partial charge is 0.416 e. The van der Waals surface area contributed by atoms with E-state index in [0.29, 0.717) is 37.6 Å². The molecule has 1 aromatic rings. The van der Waals surface area contributed by atoms with Crippen LogP contribution in [0.4, 0.5) is 26.3 Å². The highest BCUT2D eigenvalue weighted by Gasteiger charge is 2.37. The molecule has 1 atom stereocenters. The van der Waals surface area contributed by atoms with Crippen molar-refractivity contribution in [1.29, 1.82) is 0 Å². The van der Waals surface area contributed by atoms with Crippen LogP contribution in [0.5, 0.6) is 0 Å². The van der Waals surface area contributed by atoms with Crippen LogP contribution in [0.2, 0.25) is 0 Å². The predicted octanol–water partition coefficient (Wildman–Crippen LogP) is 3.66. The summed E-state index contributed by atoms with van der Waals surface area (Å²) in [5.41, 5.74) is -2.81. The second-order valence-electron chi connectivity index (χ2n) is 6.17. The lowest BCUT2D eigenvalue weighted by atomic mass is 10.0. The van der Waals surface area contributed by atoms with Gasteiger partial charge in [-0.05, 0) is 43.1 Å². The summed E-state index contributed by atoms with van der Waals surface area (Å²) >= 11 is 0. The van der Waals surface area contributed by atoms with Crippen molar-refractivity contribution in [2.24, 2.45) is 0 Å². The number of halogens is 6. The summed E-state index contributed by atoms with van der Waals surface area (Å²) in [7, 11) is -3.73. The number of rotatable bonds is 4. The van der Waals surface area contributed by atoms with Gasteiger partial charge in [-0.2, -0.15) is 34.8 Å². The van der Waals surface area contributed by atoms with Crippen LogP contribution < -0.4 is 0 Å². The highest BCUT2D eigenvalue weighted by molar-refractivity contribution is 7.86. The highest BCUT2D eigenvalue weighted by Crippen LogP contribution is 2.37. The molecule has 1 saturated heterocycles. The molecular weight excluding hydrogens is 388 g/mol. The molecule has 1 heterocycles. The fraction of sp³-hybridized carbons (Fsp3) is 0.600. The zero-order chi connectivity index (χ0) is 19.8. The molecule has 1 aliphatic rings. The van der Waals surface area contributed by atoms with Gasteiger partial charge in [0, 0.05) is 13.1 Å². The van der Waals surface area contributed by atoms with Crippen molar-refractivity contribution in [1.82, 2.24) is 4.90 Å². The summed E-state index contributed by atoms with van der Waals surface area (Å²) in [5.74, 6) is 0. The molecule has 1 aliphatic heterocycles. The summed E-state index contributed by atoms with van der Waals surface area (Å²) in [6.07, 6.45) is -8.57. The van der Waals surface area contributed by atoms with Gasteiger partial charge in [0.25, 0.3) is 10.1 Å². The molecule has 0 aliphatic carbocycles. The van der Waals surface area contributed by atoms with Crippen molar-refractivity contribution in [3.63, 3.8) is 0 Å². The maximum atomic E-state index is 13.1. The number of alkyl halides is 6. The summed E-state index contributed by atoms with van der Waals surface area (Å²) in [5, 5.41) is 0. The highest BCUT2D eigenvalue weighted by atomic mass is 32.2. The molecule has 2 rings (SSSR count). The number of nitrogens with zero attached hydrogens (tertiary/aromatic N) is 1. The third-order valence-corrected chi connectivity index (χ3v) is 4.53. The van der Waals surface area contributed by atoms with Crippen LogP contribution in [0.25, 0.3) is 0 Å². The summed E-state index contributed by atoms with van der Waals surface area (Å²) in [4.78, 5) is 1.46. The Morgan fingerprint density at radius 1 is 1.15 bits per heavy atom. The molecule has 1 aromatic carbocycles. The van der Waals surface area contributed by atoms with Crippen molar-refractivity contribution in [2.75, 3.05) is 19.3 Å². The standard InChI is InChI=1S/C15H17F6NO3S/c1-26(23,24)25-12-3-2-6-22(9-12)8-10-7-11(14(16,17)18)4-5-13(10)15(19,20)21/h4-5,7,12H,2-3,6,8-9H2,1H3/t12-/m1/s1. The van der Waals surface area contributed by atoms with Crippen LogP contribution in [0, 0.1) is 0 Å². The molecule has 0 bridgehead atoms. The van der Waals surface area contributed by atoms with E-state index in [4.69, 9.17) is 4.18 Å². The van der Waals surface area contributed by atoms with Gasteiger partial charge in [0.15, 0.2) is 0 Å². The number of piperidine rings is 1. The van der Waals surface area contributed by atoms with Crippen LogP contribution >= 0.6 is 0 Å². The maximum Gasteiger partial charge on any atom is 0.416 e. The Kier molecular flexibility index (Phi) is 5.93. The third kappa shape index (κ3) is 5.85. The van der Waals surface area contributed by atoms with E-state index >= 15 is 0 Å². The first-order chi connectivity index (χ1) is 11.8. The molecule has 0 aromatic heterocycles. The van der Waals surface area contributed by atoms with E-state index in [1.54, 1.807) is 0 Å². The van der Waals surface area contributed by atoms with Gasteiger partial charge in [-0.25, -0.2) is 0 Å². The second kappa shape index (κ2) is 7.35. The molecule has 0 amide bonds. The third-order valence-electron chi connectivity index (χ3n) is 3.91. The molecule has 1 fully saturated rings. The van der Waals surface area contributed by atoms with E-state index < -0.39 is 45.3 Å². The molecule has 0 saturated carbocycles. The van der Waals surface area contributed by atoms with E-state index in [1.807, 2.05) is 0 Å². The van der Waals surface area contributed by atoms with E-state index in [2.05, 4.69) is 0 Å². The van der Waals surface area contributed by atoms with Gasteiger partial charge >= 0.3 is 12.4 Å². The van der Waals surface area contributed by atoms with Crippen molar-refractivity contribution in [3.8, 4) is 0 Å². The van der Waals surface area contributed by atoms with Gasteiger partial charge in [0.1, 0.15) is 0 Å². The van der Waals surface area contributed by atoms with Crippen molar-refractivity contribution in [2.45, 2.75) is 37.8 Å². The molecule has 148 valence electrons. The molecule has 26 heavy (non-hydrogen) atoms.